The SMILES string of the molecule is COc1ccc(C2CCN(C(=O)Nc3ccc4c(c3)N(CC(F)F)C(=O)CS4)C2)cc1. The lowest BCUT2D eigenvalue weighted by molar-refractivity contribution is -0.116. The summed E-state index contributed by atoms with van der Waals surface area (Å²) in [5, 5.41) is 2.85. The highest BCUT2D eigenvalue weighted by molar-refractivity contribution is 8.00. The minimum atomic E-state index is -2.63. The van der Waals surface area contributed by atoms with E-state index in [0.717, 1.165) is 27.5 Å². The van der Waals surface area contributed by atoms with E-state index in [4.69, 9.17) is 4.74 Å². The Bertz CT molecular complexity index is 971. The van der Waals surface area contributed by atoms with Crippen LogP contribution in [-0.2, 0) is 4.79 Å². The fraction of sp³-hybridized carbons (Fsp3) is 0.364. The number of methoxy groups -OCH3 is 1. The van der Waals surface area contributed by atoms with Gasteiger partial charge in [0, 0.05) is 29.6 Å². The Balaban J connectivity index is 1.43. The number of nitrogens with one attached hydrogen (secondary N) is 1. The van der Waals surface area contributed by atoms with Gasteiger partial charge in [0.25, 0.3) is 6.43 Å². The van der Waals surface area contributed by atoms with Crippen LogP contribution in [0.5, 0.6) is 5.75 Å². The van der Waals surface area contributed by atoms with Gasteiger partial charge in [0.05, 0.1) is 25.1 Å². The molecule has 0 bridgehead atoms. The first-order valence-electron chi connectivity index (χ1n) is 10.00. The van der Waals surface area contributed by atoms with Crippen molar-refractivity contribution in [3.05, 3.63) is 48.0 Å². The van der Waals surface area contributed by atoms with Crippen LogP contribution < -0.4 is 15.0 Å². The monoisotopic (exact) mass is 447 g/mol. The van der Waals surface area contributed by atoms with Crippen molar-refractivity contribution in [2.75, 3.05) is 42.7 Å². The second-order valence-electron chi connectivity index (χ2n) is 7.50. The molecule has 1 unspecified atom stereocenters. The van der Waals surface area contributed by atoms with E-state index in [-0.39, 0.29) is 23.6 Å². The van der Waals surface area contributed by atoms with Crippen LogP contribution in [0.2, 0.25) is 0 Å². The van der Waals surface area contributed by atoms with Crippen LogP contribution in [0, 0.1) is 0 Å². The second kappa shape index (κ2) is 9.13. The van der Waals surface area contributed by atoms with E-state index in [1.807, 2.05) is 24.3 Å². The number of nitrogens with zero attached hydrogens (tertiary/aromatic N) is 2. The van der Waals surface area contributed by atoms with Gasteiger partial charge in [0.15, 0.2) is 0 Å². The normalized spacial score (nSPS) is 18.3. The predicted molar refractivity (Wildman–Crippen MR) is 116 cm³/mol. The van der Waals surface area contributed by atoms with Gasteiger partial charge in [-0.15, -0.1) is 11.8 Å². The summed E-state index contributed by atoms with van der Waals surface area (Å²) in [5.41, 5.74) is 2.05. The molecular formula is C22H23F2N3O3S. The Morgan fingerprint density at radius 1 is 1.26 bits per heavy atom. The number of halogens is 2. The molecule has 9 heteroatoms. The Kier molecular flexibility index (Phi) is 6.31. The van der Waals surface area contributed by atoms with Gasteiger partial charge >= 0.3 is 6.03 Å². The van der Waals surface area contributed by atoms with Crippen molar-refractivity contribution in [2.45, 2.75) is 23.7 Å². The molecule has 0 spiro atoms. The summed E-state index contributed by atoms with van der Waals surface area (Å²) in [5.74, 6) is 0.812. The third-order valence-electron chi connectivity index (χ3n) is 5.54. The largest absolute Gasteiger partial charge is 0.497 e. The Morgan fingerprint density at radius 2 is 2.03 bits per heavy atom. The maximum absolute atomic E-state index is 12.9. The van der Waals surface area contributed by atoms with Gasteiger partial charge in [-0.2, -0.15) is 0 Å². The number of ether oxygens (including phenoxy) is 1. The minimum Gasteiger partial charge on any atom is -0.497 e. The summed E-state index contributed by atoms with van der Waals surface area (Å²) < 4.78 is 31.1. The number of alkyl halides is 2. The number of carbonyl (C=O) groups excluding carboxylic acids is 2. The summed E-state index contributed by atoms with van der Waals surface area (Å²) >= 11 is 1.31. The minimum absolute atomic E-state index is 0.131. The van der Waals surface area contributed by atoms with Crippen molar-refractivity contribution in [2.24, 2.45) is 0 Å². The average molecular weight is 448 g/mol. The molecule has 0 saturated carbocycles. The zero-order valence-corrected chi connectivity index (χ0v) is 17.8. The molecule has 164 valence electrons. The Labute approximate surface area is 183 Å². The molecule has 4 rings (SSSR count). The molecule has 6 nitrogen and oxygen atoms in total. The lowest BCUT2D eigenvalue weighted by atomic mass is 9.98. The number of thioether (sulfide) groups is 1. The zero-order valence-electron chi connectivity index (χ0n) is 17.0. The molecule has 2 aliphatic heterocycles. The summed E-state index contributed by atoms with van der Waals surface area (Å²) in [6.07, 6.45) is -1.77. The van der Waals surface area contributed by atoms with Crippen LogP contribution >= 0.6 is 11.8 Å². The number of hydrogen-bond acceptors (Lipinski definition) is 4. The highest BCUT2D eigenvalue weighted by Gasteiger charge is 2.29. The predicted octanol–water partition coefficient (Wildman–Crippen LogP) is 4.42. The summed E-state index contributed by atoms with van der Waals surface area (Å²) in [6.45, 7) is 0.563. The van der Waals surface area contributed by atoms with E-state index >= 15 is 0 Å². The van der Waals surface area contributed by atoms with E-state index in [2.05, 4.69) is 5.32 Å². The van der Waals surface area contributed by atoms with Gasteiger partial charge in [-0.05, 0) is 42.3 Å². The van der Waals surface area contributed by atoms with Crippen molar-refractivity contribution < 1.29 is 23.1 Å². The molecule has 2 aliphatic rings. The van der Waals surface area contributed by atoms with Crippen LogP contribution in [0.15, 0.2) is 47.4 Å². The molecule has 31 heavy (non-hydrogen) atoms. The van der Waals surface area contributed by atoms with Crippen LogP contribution in [0.1, 0.15) is 17.9 Å². The third-order valence-corrected chi connectivity index (χ3v) is 6.58. The van der Waals surface area contributed by atoms with Crippen LogP contribution in [0.3, 0.4) is 0 Å². The molecule has 1 N–H and O–H groups in total. The van der Waals surface area contributed by atoms with E-state index < -0.39 is 13.0 Å². The molecule has 2 aromatic carbocycles. The lowest BCUT2D eigenvalue weighted by Crippen LogP contribution is -2.39. The smallest absolute Gasteiger partial charge is 0.321 e. The molecular weight excluding hydrogens is 424 g/mol. The number of carbonyl (C=O) groups is 2. The standard InChI is InChI=1S/C22H23F2N3O3S/c1-30-17-5-2-14(3-6-17)15-8-9-26(11-15)22(29)25-16-4-7-19-18(10-16)27(12-20(23)24)21(28)13-31-19/h2-7,10,15,20H,8-9,11-13H2,1H3,(H,25,29). The van der Waals surface area contributed by atoms with Gasteiger partial charge in [-0.1, -0.05) is 12.1 Å². The fourth-order valence-corrected chi connectivity index (χ4v) is 4.83. The van der Waals surface area contributed by atoms with Crippen LogP contribution in [0.4, 0.5) is 25.0 Å². The van der Waals surface area contributed by atoms with Crippen molar-refractivity contribution >= 4 is 35.1 Å². The first-order valence-corrected chi connectivity index (χ1v) is 11.0. The number of hydrogen-bond donors (Lipinski definition) is 1. The van der Waals surface area contributed by atoms with E-state index in [1.165, 1.54) is 11.8 Å². The summed E-state index contributed by atoms with van der Waals surface area (Å²) in [6, 6.07) is 12.7. The topological polar surface area (TPSA) is 61.9 Å². The molecule has 3 amide bonds. The number of benzene rings is 2. The highest BCUT2D eigenvalue weighted by atomic mass is 32.2. The molecule has 1 fully saturated rings. The molecule has 0 aliphatic carbocycles. The molecule has 2 heterocycles. The highest BCUT2D eigenvalue weighted by Crippen LogP contribution is 2.37. The van der Waals surface area contributed by atoms with Gasteiger partial charge in [0.2, 0.25) is 5.91 Å². The molecule has 2 aromatic rings. The Hall–Kier alpha value is -2.81. The van der Waals surface area contributed by atoms with Crippen molar-refractivity contribution in [1.82, 2.24) is 4.90 Å². The number of rotatable bonds is 5. The maximum atomic E-state index is 12.9. The molecule has 1 saturated heterocycles. The molecule has 0 aromatic heterocycles. The number of amides is 3. The van der Waals surface area contributed by atoms with Crippen molar-refractivity contribution in [1.29, 1.82) is 0 Å². The Morgan fingerprint density at radius 3 is 2.74 bits per heavy atom. The number of likely N-dealkylation sites (tertiary alicyclic amines) is 1. The quantitative estimate of drug-likeness (QED) is 0.737. The van der Waals surface area contributed by atoms with Gasteiger partial charge in [0.1, 0.15) is 5.75 Å². The first-order chi connectivity index (χ1) is 14.9. The molecule has 0 radical (unpaired) electrons. The zero-order chi connectivity index (χ0) is 22.0. The number of fused-ring (bicyclic) bond motifs is 1. The van der Waals surface area contributed by atoms with Crippen molar-refractivity contribution in [3.8, 4) is 5.75 Å². The van der Waals surface area contributed by atoms with E-state index in [0.29, 0.717) is 24.5 Å². The number of urea groups is 1. The first kappa shape index (κ1) is 21.4. The lowest BCUT2D eigenvalue weighted by Gasteiger charge is -2.29. The van der Waals surface area contributed by atoms with Gasteiger partial charge in [-0.3, -0.25) is 4.79 Å². The van der Waals surface area contributed by atoms with Crippen LogP contribution in [-0.4, -0.2) is 55.8 Å². The van der Waals surface area contributed by atoms with Gasteiger partial charge < -0.3 is 19.9 Å². The average Bonchev–Trinajstić information content (AvgIpc) is 3.26. The maximum Gasteiger partial charge on any atom is 0.321 e. The fourth-order valence-electron chi connectivity index (χ4n) is 3.91. The van der Waals surface area contributed by atoms with Crippen molar-refractivity contribution in [3.63, 3.8) is 0 Å². The third kappa shape index (κ3) is 4.76. The second-order valence-corrected chi connectivity index (χ2v) is 8.52. The van der Waals surface area contributed by atoms with E-state index in [1.54, 1.807) is 30.2 Å². The van der Waals surface area contributed by atoms with Gasteiger partial charge in [-0.25, -0.2) is 13.6 Å². The molecule has 1 atom stereocenters. The number of anilines is 2. The van der Waals surface area contributed by atoms with E-state index in [9.17, 15) is 18.4 Å². The summed E-state index contributed by atoms with van der Waals surface area (Å²) in [4.78, 5) is 28.5. The summed E-state index contributed by atoms with van der Waals surface area (Å²) in [7, 11) is 1.62. The van der Waals surface area contributed by atoms with Crippen LogP contribution in [0.25, 0.3) is 0 Å².